The van der Waals surface area contributed by atoms with E-state index in [0.717, 1.165) is 12.1 Å². The normalized spacial score (nSPS) is 14.4. The fourth-order valence-electron chi connectivity index (χ4n) is 3.10. The zero-order chi connectivity index (χ0) is 21.6. The van der Waals surface area contributed by atoms with Crippen LogP contribution in [0, 0.1) is 0 Å². The standard InChI is InChI=1S/C21H22F3N3O3/c22-21(23,24)16-5-4-6-17(13-16)26-9-11-27(12-10-26)20(29)14-25-19(28)15-30-18-7-2-1-3-8-18/h1-8,13H,9-12,14-15H2,(H,25,28). The van der Waals surface area contributed by atoms with Gasteiger partial charge in [-0.05, 0) is 30.3 Å². The van der Waals surface area contributed by atoms with Crippen LogP contribution in [0.4, 0.5) is 18.9 Å². The molecule has 0 saturated carbocycles. The lowest BCUT2D eigenvalue weighted by Crippen LogP contribution is -2.51. The van der Waals surface area contributed by atoms with Crippen LogP contribution in [-0.4, -0.2) is 56.0 Å². The molecule has 1 fully saturated rings. The average Bonchev–Trinajstić information content (AvgIpc) is 2.76. The Morgan fingerprint density at radius 3 is 2.33 bits per heavy atom. The molecule has 2 amide bonds. The number of nitrogens with one attached hydrogen (secondary N) is 1. The monoisotopic (exact) mass is 421 g/mol. The van der Waals surface area contributed by atoms with Crippen molar-refractivity contribution in [1.82, 2.24) is 10.2 Å². The van der Waals surface area contributed by atoms with Gasteiger partial charge in [0.05, 0.1) is 12.1 Å². The maximum atomic E-state index is 12.9. The molecule has 3 rings (SSSR count). The molecule has 1 aliphatic rings. The average molecular weight is 421 g/mol. The maximum Gasteiger partial charge on any atom is 0.416 e. The quantitative estimate of drug-likeness (QED) is 0.779. The molecular formula is C21H22F3N3O3. The van der Waals surface area contributed by atoms with E-state index in [4.69, 9.17) is 4.74 Å². The number of carbonyl (C=O) groups is 2. The van der Waals surface area contributed by atoms with Crippen LogP contribution in [0.1, 0.15) is 5.56 Å². The first kappa shape index (κ1) is 21.5. The molecule has 9 heteroatoms. The number of alkyl halides is 3. The number of anilines is 1. The van der Waals surface area contributed by atoms with Crippen LogP contribution in [0.15, 0.2) is 54.6 Å². The van der Waals surface area contributed by atoms with Gasteiger partial charge < -0.3 is 19.9 Å². The third-order valence-corrected chi connectivity index (χ3v) is 4.72. The summed E-state index contributed by atoms with van der Waals surface area (Å²) in [5, 5.41) is 2.52. The van der Waals surface area contributed by atoms with Crippen LogP contribution < -0.4 is 15.0 Å². The minimum Gasteiger partial charge on any atom is -0.484 e. The van der Waals surface area contributed by atoms with Crippen LogP contribution in [0.25, 0.3) is 0 Å². The summed E-state index contributed by atoms with van der Waals surface area (Å²) in [6, 6.07) is 14.0. The van der Waals surface area contributed by atoms with Crippen molar-refractivity contribution < 1.29 is 27.5 Å². The molecule has 6 nitrogen and oxygen atoms in total. The van der Waals surface area contributed by atoms with E-state index in [-0.39, 0.29) is 19.1 Å². The van der Waals surface area contributed by atoms with E-state index in [1.807, 2.05) is 11.0 Å². The predicted octanol–water partition coefficient (Wildman–Crippen LogP) is 2.55. The highest BCUT2D eigenvalue weighted by molar-refractivity contribution is 5.85. The summed E-state index contributed by atoms with van der Waals surface area (Å²) >= 11 is 0. The van der Waals surface area contributed by atoms with E-state index >= 15 is 0 Å². The van der Waals surface area contributed by atoms with Crippen LogP contribution in [-0.2, 0) is 15.8 Å². The molecule has 160 valence electrons. The number of para-hydroxylation sites is 1. The maximum absolute atomic E-state index is 12.9. The summed E-state index contributed by atoms with van der Waals surface area (Å²) in [7, 11) is 0. The van der Waals surface area contributed by atoms with Crippen molar-refractivity contribution >= 4 is 17.5 Å². The zero-order valence-electron chi connectivity index (χ0n) is 16.2. The van der Waals surface area contributed by atoms with Gasteiger partial charge >= 0.3 is 6.18 Å². The van der Waals surface area contributed by atoms with Gasteiger partial charge in [0.15, 0.2) is 6.61 Å². The Balaban J connectivity index is 1.42. The molecule has 1 heterocycles. The fraction of sp³-hybridized carbons (Fsp3) is 0.333. The molecule has 0 bridgehead atoms. The van der Waals surface area contributed by atoms with Gasteiger partial charge in [-0.25, -0.2) is 0 Å². The van der Waals surface area contributed by atoms with Gasteiger partial charge in [-0.3, -0.25) is 9.59 Å². The van der Waals surface area contributed by atoms with Crippen LogP contribution >= 0.6 is 0 Å². The largest absolute Gasteiger partial charge is 0.484 e. The summed E-state index contributed by atoms with van der Waals surface area (Å²) < 4.78 is 44.0. The summed E-state index contributed by atoms with van der Waals surface area (Å²) in [6.45, 7) is 1.22. The molecule has 30 heavy (non-hydrogen) atoms. The Morgan fingerprint density at radius 2 is 1.67 bits per heavy atom. The molecule has 0 aromatic heterocycles. The number of piperazine rings is 1. The molecule has 0 radical (unpaired) electrons. The number of hydrogen-bond donors (Lipinski definition) is 1. The third kappa shape index (κ3) is 5.88. The third-order valence-electron chi connectivity index (χ3n) is 4.72. The van der Waals surface area contributed by atoms with Crippen LogP contribution in [0.3, 0.4) is 0 Å². The number of benzene rings is 2. The van der Waals surface area contributed by atoms with Gasteiger partial charge in [0.2, 0.25) is 5.91 Å². The minimum absolute atomic E-state index is 0.152. The minimum atomic E-state index is -4.39. The van der Waals surface area contributed by atoms with Crippen molar-refractivity contribution in [2.24, 2.45) is 0 Å². The Kier molecular flexibility index (Phi) is 6.81. The summed E-state index contributed by atoms with van der Waals surface area (Å²) in [4.78, 5) is 27.6. The lowest BCUT2D eigenvalue weighted by molar-refractivity contribution is -0.137. The first-order valence-electron chi connectivity index (χ1n) is 9.47. The molecule has 1 N–H and O–H groups in total. The molecule has 1 saturated heterocycles. The Bertz CT molecular complexity index is 867. The van der Waals surface area contributed by atoms with Gasteiger partial charge in [-0.15, -0.1) is 0 Å². The Morgan fingerprint density at radius 1 is 0.967 bits per heavy atom. The van der Waals surface area contributed by atoms with Crippen LogP contribution in [0.2, 0.25) is 0 Å². The second-order valence-corrected chi connectivity index (χ2v) is 6.79. The molecule has 1 aliphatic heterocycles. The summed E-state index contributed by atoms with van der Waals surface area (Å²) in [5.74, 6) is -0.0914. The highest BCUT2D eigenvalue weighted by atomic mass is 19.4. The van der Waals surface area contributed by atoms with E-state index in [9.17, 15) is 22.8 Å². The van der Waals surface area contributed by atoms with Gasteiger partial charge in [-0.1, -0.05) is 24.3 Å². The SMILES string of the molecule is O=C(COc1ccccc1)NCC(=O)N1CCN(c2cccc(C(F)(F)F)c2)CC1. The zero-order valence-corrected chi connectivity index (χ0v) is 16.2. The second kappa shape index (κ2) is 9.51. The van der Waals surface area contributed by atoms with E-state index in [0.29, 0.717) is 37.6 Å². The van der Waals surface area contributed by atoms with Crippen molar-refractivity contribution in [3.8, 4) is 5.75 Å². The molecule has 0 unspecified atom stereocenters. The number of hydrogen-bond acceptors (Lipinski definition) is 4. The summed E-state index contributed by atoms with van der Waals surface area (Å²) in [6.07, 6.45) is -4.39. The van der Waals surface area contributed by atoms with Crippen LogP contribution in [0.5, 0.6) is 5.75 Å². The number of amides is 2. The lowest BCUT2D eigenvalue weighted by Gasteiger charge is -2.36. The predicted molar refractivity (Wildman–Crippen MR) is 105 cm³/mol. The van der Waals surface area contributed by atoms with Gasteiger partial charge in [0.1, 0.15) is 5.75 Å². The lowest BCUT2D eigenvalue weighted by atomic mass is 10.1. The fourth-order valence-corrected chi connectivity index (χ4v) is 3.10. The molecule has 0 aliphatic carbocycles. The number of halogens is 3. The van der Waals surface area contributed by atoms with E-state index in [1.165, 1.54) is 6.07 Å². The second-order valence-electron chi connectivity index (χ2n) is 6.79. The molecule has 2 aromatic carbocycles. The number of ether oxygens (including phenoxy) is 1. The van der Waals surface area contributed by atoms with Gasteiger partial charge in [-0.2, -0.15) is 13.2 Å². The van der Waals surface area contributed by atoms with Crippen molar-refractivity contribution in [3.05, 3.63) is 60.2 Å². The van der Waals surface area contributed by atoms with Gasteiger partial charge in [0, 0.05) is 31.9 Å². The topological polar surface area (TPSA) is 61.9 Å². The first-order chi connectivity index (χ1) is 14.3. The van der Waals surface area contributed by atoms with E-state index in [2.05, 4.69) is 5.32 Å². The molecule has 0 atom stereocenters. The van der Waals surface area contributed by atoms with Crippen molar-refractivity contribution in [1.29, 1.82) is 0 Å². The summed E-state index contributed by atoms with van der Waals surface area (Å²) in [5.41, 5.74) is -0.220. The number of rotatable bonds is 6. The first-order valence-corrected chi connectivity index (χ1v) is 9.47. The van der Waals surface area contributed by atoms with Crippen molar-refractivity contribution in [3.63, 3.8) is 0 Å². The van der Waals surface area contributed by atoms with E-state index in [1.54, 1.807) is 35.2 Å². The van der Waals surface area contributed by atoms with Crippen molar-refractivity contribution in [2.45, 2.75) is 6.18 Å². The van der Waals surface area contributed by atoms with Crippen molar-refractivity contribution in [2.75, 3.05) is 44.2 Å². The number of carbonyl (C=O) groups excluding carboxylic acids is 2. The smallest absolute Gasteiger partial charge is 0.416 e. The Labute approximate surface area is 172 Å². The number of nitrogens with zero attached hydrogens (tertiary/aromatic N) is 2. The molecular weight excluding hydrogens is 399 g/mol. The van der Waals surface area contributed by atoms with Gasteiger partial charge in [0.25, 0.3) is 5.91 Å². The Hall–Kier alpha value is -3.23. The van der Waals surface area contributed by atoms with E-state index < -0.39 is 17.6 Å². The highest BCUT2D eigenvalue weighted by Gasteiger charge is 2.31. The highest BCUT2D eigenvalue weighted by Crippen LogP contribution is 2.31. The molecule has 2 aromatic rings. The molecule has 0 spiro atoms.